The molecule has 0 radical (unpaired) electrons. The molecule has 0 aliphatic carbocycles. The minimum absolute atomic E-state index is 0. The number of hydrogen-bond donors (Lipinski definition) is 0. The van der Waals surface area contributed by atoms with Crippen LogP contribution in [0, 0.1) is 0 Å². The molecule has 0 aliphatic heterocycles. The Morgan fingerprint density at radius 2 is 2.15 bits per heavy atom. The zero-order valence-corrected chi connectivity index (χ0v) is 8.96. The molecule has 0 aliphatic rings. The molecule has 1 nitrogen and oxygen atoms in total. The minimum atomic E-state index is 0. The van der Waals surface area contributed by atoms with Crippen molar-refractivity contribution in [1.29, 1.82) is 0 Å². The molecule has 2 heteroatoms. The third-order valence-corrected chi connectivity index (χ3v) is 1.93. The van der Waals surface area contributed by atoms with Gasteiger partial charge >= 0.3 is 0 Å². The maximum absolute atomic E-state index is 2.26. The van der Waals surface area contributed by atoms with E-state index in [2.05, 4.69) is 55.0 Å². The molecule has 0 saturated carbocycles. The summed E-state index contributed by atoms with van der Waals surface area (Å²) in [5.41, 5.74) is 1.38. The highest BCUT2D eigenvalue weighted by atomic mass is 35.5. The van der Waals surface area contributed by atoms with Crippen molar-refractivity contribution in [3.8, 4) is 0 Å². The second kappa shape index (κ2) is 6.67. The second-order valence-electron chi connectivity index (χ2n) is 2.77. The Bertz CT molecular complexity index is 269. The van der Waals surface area contributed by atoms with Crippen LogP contribution in [0.2, 0.25) is 0 Å². The first-order chi connectivity index (χ1) is 5.88. The summed E-state index contributed by atoms with van der Waals surface area (Å²) in [6, 6.07) is 6.33. The van der Waals surface area contributed by atoms with Crippen LogP contribution >= 0.6 is 0 Å². The highest BCUT2D eigenvalue weighted by Crippen LogP contribution is 1.91. The average molecular weight is 198 g/mol. The van der Waals surface area contributed by atoms with Crippen LogP contribution in [-0.4, -0.2) is 0 Å². The highest BCUT2D eigenvalue weighted by molar-refractivity contribution is 4.96. The van der Waals surface area contributed by atoms with Gasteiger partial charge in [0.2, 0.25) is 0 Å². The summed E-state index contributed by atoms with van der Waals surface area (Å²) in [6.45, 7) is 5.22. The van der Waals surface area contributed by atoms with Crippen LogP contribution in [0.4, 0.5) is 0 Å². The Kier molecular flexibility index (Phi) is 6.25. The van der Waals surface area contributed by atoms with E-state index in [0.717, 1.165) is 13.0 Å². The monoisotopic (exact) mass is 197 g/mol. The first kappa shape index (κ1) is 12.2. The number of aryl methyl sites for hydroxylation is 1. The van der Waals surface area contributed by atoms with Crippen LogP contribution in [0.5, 0.6) is 0 Å². The van der Waals surface area contributed by atoms with E-state index in [4.69, 9.17) is 0 Å². The van der Waals surface area contributed by atoms with Crippen molar-refractivity contribution in [2.45, 2.75) is 26.8 Å². The predicted octanol–water partition coefficient (Wildman–Crippen LogP) is -0.883. The van der Waals surface area contributed by atoms with Gasteiger partial charge in [-0.3, -0.25) is 0 Å². The Labute approximate surface area is 86.5 Å². The smallest absolute Gasteiger partial charge is 0.181 e. The quantitative estimate of drug-likeness (QED) is 0.438. The molecular weight excluding hydrogens is 182 g/mol. The summed E-state index contributed by atoms with van der Waals surface area (Å²) in [5.74, 6) is 0. The third-order valence-electron chi connectivity index (χ3n) is 1.93. The number of hydrogen-bond acceptors (Lipinski definition) is 0. The fourth-order valence-electron chi connectivity index (χ4n) is 1.23. The van der Waals surface area contributed by atoms with Crippen LogP contribution in [0.3, 0.4) is 0 Å². The molecule has 0 atom stereocenters. The maximum Gasteiger partial charge on any atom is 0.181 e. The highest BCUT2D eigenvalue weighted by Gasteiger charge is 2.03. The number of aromatic nitrogens is 1. The number of allylic oxidation sites excluding steroid dienone is 2. The van der Waals surface area contributed by atoms with Gasteiger partial charge in [-0.2, -0.15) is 4.57 Å². The normalized spacial score (nSPS) is 10.0. The van der Waals surface area contributed by atoms with E-state index in [0.29, 0.717) is 0 Å². The van der Waals surface area contributed by atoms with Gasteiger partial charge in [0, 0.05) is 18.6 Å². The molecule has 0 unspecified atom stereocenters. The standard InChI is InChI=1S/C11H16N.ClH/c1-3-5-9-12-10-7-6-8-11(12)4-2;/h3,5-8,10H,4,9H2,1-2H3;1H/q+1;/p-1/b5-3+;. The molecule has 1 rings (SSSR count). The van der Waals surface area contributed by atoms with Gasteiger partial charge in [-0.05, 0) is 13.0 Å². The Hall–Kier alpha value is -0.820. The fraction of sp³-hybridized carbons (Fsp3) is 0.364. The molecule has 1 aromatic heterocycles. The zero-order chi connectivity index (χ0) is 8.81. The van der Waals surface area contributed by atoms with Crippen molar-refractivity contribution >= 4 is 0 Å². The predicted molar refractivity (Wildman–Crippen MR) is 50.8 cm³/mol. The molecule has 0 spiro atoms. The van der Waals surface area contributed by atoms with E-state index < -0.39 is 0 Å². The molecule has 0 fully saturated rings. The molecule has 0 amide bonds. The molecule has 13 heavy (non-hydrogen) atoms. The van der Waals surface area contributed by atoms with Crippen molar-refractivity contribution in [1.82, 2.24) is 0 Å². The lowest BCUT2D eigenvalue weighted by molar-refractivity contribution is -0.694. The molecule has 0 bridgehead atoms. The van der Waals surface area contributed by atoms with Gasteiger partial charge < -0.3 is 12.4 Å². The lowest BCUT2D eigenvalue weighted by Gasteiger charge is -1.97. The topological polar surface area (TPSA) is 3.88 Å². The maximum atomic E-state index is 2.26. The van der Waals surface area contributed by atoms with Gasteiger partial charge in [0.15, 0.2) is 18.4 Å². The lowest BCUT2D eigenvalue weighted by Crippen LogP contribution is -3.00. The molecule has 0 N–H and O–H groups in total. The number of halogens is 1. The van der Waals surface area contributed by atoms with Crippen molar-refractivity contribution < 1.29 is 17.0 Å². The van der Waals surface area contributed by atoms with E-state index in [1.165, 1.54) is 5.69 Å². The molecule has 0 aromatic carbocycles. The van der Waals surface area contributed by atoms with Gasteiger partial charge in [0.05, 0.1) is 0 Å². The minimum Gasteiger partial charge on any atom is -1.00 e. The Balaban J connectivity index is 0.00000144. The number of pyridine rings is 1. The fourth-order valence-corrected chi connectivity index (χ4v) is 1.23. The summed E-state index contributed by atoms with van der Waals surface area (Å²) in [5, 5.41) is 0. The molecular formula is C11H16ClN. The number of rotatable bonds is 3. The van der Waals surface area contributed by atoms with E-state index in [1.807, 2.05) is 0 Å². The summed E-state index contributed by atoms with van der Waals surface area (Å²) < 4.78 is 2.26. The summed E-state index contributed by atoms with van der Waals surface area (Å²) in [7, 11) is 0. The second-order valence-corrected chi connectivity index (χ2v) is 2.77. The Morgan fingerprint density at radius 3 is 2.77 bits per heavy atom. The van der Waals surface area contributed by atoms with Crippen LogP contribution < -0.4 is 17.0 Å². The molecule has 0 saturated heterocycles. The summed E-state index contributed by atoms with van der Waals surface area (Å²) >= 11 is 0. The van der Waals surface area contributed by atoms with Gasteiger partial charge in [-0.1, -0.05) is 19.1 Å². The van der Waals surface area contributed by atoms with E-state index in [-0.39, 0.29) is 12.4 Å². The van der Waals surface area contributed by atoms with Crippen molar-refractivity contribution in [2.75, 3.05) is 0 Å². The first-order valence-electron chi connectivity index (χ1n) is 4.47. The number of nitrogens with zero attached hydrogens (tertiary/aromatic N) is 1. The molecule has 1 aromatic rings. The van der Waals surface area contributed by atoms with Crippen molar-refractivity contribution in [2.24, 2.45) is 0 Å². The van der Waals surface area contributed by atoms with Crippen molar-refractivity contribution in [3.05, 3.63) is 42.2 Å². The van der Waals surface area contributed by atoms with Crippen LogP contribution in [0.25, 0.3) is 0 Å². The first-order valence-corrected chi connectivity index (χ1v) is 4.47. The average Bonchev–Trinajstić information content (AvgIpc) is 2.15. The summed E-state index contributed by atoms with van der Waals surface area (Å²) in [6.07, 6.45) is 7.47. The van der Waals surface area contributed by atoms with E-state index >= 15 is 0 Å². The van der Waals surface area contributed by atoms with Gasteiger partial charge in [-0.15, -0.1) is 0 Å². The van der Waals surface area contributed by atoms with Gasteiger partial charge in [-0.25, -0.2) is 0 Å². The zero-order valence-electron chi connectivity index (χ0n) is 8.20. The summed E-state index contributed by atoms with van der Waals surface area (Å²) in [4.78, 5) is 0. The molecule has 72 valence electrons. The van der Waals surface area contributed by atoms with Crippen molar-refractivity contribution in [3.63, 3.8) is 0 Å². The van der Waals surface area contributed by atoms with Crippen LogP contribution in [-0.2, 0) is 13.0 Å². The third kappa shape index (κ3) is 3.60. The molecule has 1 heterocycles. The van der Waals surface area contributed by atoms with Gasteiger partial charge in [0.25, 0.3) is 0 Å². The van der Waals surface area contributed by atoms with Crippen LogP contribution in [0.15, 0.2) is 36.5 Å². The van der Waals surface area contributed by atoms with Gasteiger partial charge in [0.1, 0.15) is 0 Å². The largest absolute Gasteiger partial charge is 1.00 e. The lowest BCUT2D eigenvalue weighted by atomic mass is 10.3. The van der Waals surface area contributed by atoms with E-state index in [1.54, 1.807) is 0 Å². The SMILES string of the molecule is C/C=C/C[n+]1ccccc1CC.[Cl-]. The van der Waals surface area contributed by atoms with Crippen LogP contribution in [0.1, 0.15) is 19.5 Å². The van der Waals surface area contributed by atoms with E-state index in [9.17, 15) is 0 Å². The Morgan fingerprint density at radius 1 is 1.38 bits per heavy atom.